The molecule has 1 N–H and O–H groups in total. The SMILES string of the molecule is O=C(CN1CCC(c2nc3ccccc3s2)CC1)Nc1ccc(F)c(F)c1. The fraction of sp³-hybridized carbons (Fsp3) is 0.300. The van der Waals surface area contributed by atoms with Crippen LogP contribution >= 0.6 is 11.3 Å². The Bertz CT molecular complexity index is 934. The highest BCUT2D eigenvalue weighted by Crippen LogP contribution is 2.33. The first-order valence-corrected chi connectivity index (χ1v) is 9.73. The number of amides is 1. The van der Waals surface area contributed by atoms with Crippen LogP contribution in [0.3, 0.4) is 0 Å². The summed E-state index contributed by atoms with van der Waals surface area (Å²) in [5.74, 6) is -1.69. The summed E-state index contributed by atoms with van der Waals surface area (Å²) in [6, 6.07) is 11.5. The zero-order valence-electron chi connectivity index (χ0n) is 14.6. The summed E-state index contributed by atoms with van der Waals surface area (Å²) in [7, 11) is 0. The highest BCUT2D eigenvalue weighted by molar-refractivity contribution is 7.18. The van der Waals surface area contributed by atoms with E-state index in [-0.39, 0.29) is 18.1 Å². The third kappa shape index (κ3) is 4.14. The molecule has 4 nitrogen and oxygen atoms in total. The maximum atomic E-state index is 13.2. The van der Waals surface area contributed by atoms with Crippen LogP contribution in [-0.2, 0) is 4.79 Å². The maximum Gasteiger partial charge on any atom is 0.238 e. The maximum absolute atomic E-state index is 13.2. The molecular weight excluding hydrogens is 368 g/mol. The number of aromatic nitrogens is 1. The molecule has 0 saturated carbocycles. The van der Waals surface area contributed by atoms with Crippen LogP contribution in [0.25, 0.3) is 10.2 Å². The van der Waals surface area contributed by atoms with E-state index in [1.54, 1.807) is 11.3 Å². The monoisotopic (exact) mass is 387 g/mol. The van der Waals surface area contributed by atoms with Gasteiger partial charge in [-0.1, -0.05) is 12.1 Å². The van der Waals surface area contributed by atoms with E-state index in [4.69, 9.17) is 4.98 Å². The molecule has 0 unspecified atom stereocenters. The average Bonchev–Trinajstić information content (AvgIpc) is 3.09. The van der Waals surface area contributed by atoms with E-state index >= 15 is 0 Å². The van der Waals surface area contributed by atoms with Gasteiger partial charge in [0, 0.05) is 17.7 Å². The van der Waals surface area contributed by atoms with E-state index < -0.39 is 11.6 Å². The molecule has 0 spiro atoms. The van der Waals surface area contributed by atoms with Crippen LogP contribution in [0.2, 0.25) is 0 Å². The third-order valence-electron chi connectivity index (χ3n) is 4.82. The summed E-state index contributed by atoms with van der Waals surface area (Å²) in [5, 5.41) is 3.79. The topological polar surface area (TPSA) is 45.2 Å². The molecule has 1 aliphatic heterocycles. The minimum Gasteiger partial charge on any atom is -0.325 e. The molecule has 140 valence electrons. The van der Waals surface area contributed by atoms with Crippen LogP contribution in [0.15, 0.2) is 42.5 Å². The van der Waals surface area contributed by atoms with Gasteiger partial charge in [0.25, 0.3) is 0 Å². The third-order valence-corrected chi connectivity index (χ3v) is 6.02. The predicted octanol–water partition coefficient (Wildman–Crippen LogP) is 4.39. The zero-order chi connectivity index (χ0) is 18.8. The van der Waals surface area contributed by atoms with Crippen molar-refractivity contribution in [3.05, 3.63) is 59.1 Å². The predicted molar refractivity (Wildman–Crippen MR) is 103 cm³/mol. The van der Waals surface area contributed by atoms with Gasteiger partial charge in [0.05, 0.1) is 21.8 Å². The van der Waals surface area contributed by atoms with Crippen molar-refractivity contribution in [2.75, 3.05) is 25.0 Å². The Morgan fingerprint density at radius 3 is 2.67 bits per heavy atom. The molecule has 1 fully saturated rings. The molecule has 2 aromatic carbocycles. The second-order valence-corrected chi connectivity index (χ2v) is 7.81. The molecule has 1 aromatic heterocycles. The van der Waals surface area contributed by atoms with E-state index in [1.807, 2.05) is 18.2 Å². The van der Waals surface area contributed by atoms with Gasteiger partial charge in [0.15, 0.2) is 11.6 Å². The van der Waals surface area contributed by atoms with E-state index in [1.165, 1.54) is 15.8 Å². The lowest BCUT2D eigenvalue weighted by molar-refractivity contribution is -0.117. The molecule has 0 atom stereocenters. The highest BCUT2D eigenvalue weighted by atomic mass is 32.1. The van der Waals surface area contributed by atoms with Crippen molar-refractivity contribution in [2.45, 2.75) is 18.8 Å². The first-order chi connectivity index (χ1) is 13.1. The van der Waals surface area contributed by atoms with Gasteiger partial charge in [-0.25, -0.2) is 13.8 Å². The smallest absolute Gasteiger partial charge is 0.238 e. The minimum atomic E-state index is -0.968. The second-order valence-electron chi connectivity index (χ2n) is 6.75. The number of anilines is 1. The quantitative estimate of drug-likeness (QED) is 0.722. The summed E-state index contributed by atoms with van der Waals surface area (Å²) in [5.41, 5.74) is 1.31. The molecule has 0 radical (unpaired) electrons. The number of carbonyl (C=O) groups excluding carboxylic acids is 1. The van der Waals surface area contributed by atoms with Crippen molar-refractivity contribution in [1.82, 2.24) is 9.88 Å². The van der Waals surface area contributed by atoms with Gasteiger partial charge in [-0.2, -0.15) is 0 Å². The normalized spacial score (nSPS) is 15.9. The Morgan fingerprint density at radius 2 is 1.93 bits per heavy atom. The summed E-state index contributed by atoms with van der Waals surface area (Å²) < 4.78 is 27.4. The molecule has 3 aromatic rings. The van der Waals surface area contributed by atoms with Crippen LogP contribution in [0.4, 0.5) is 14.5 Å². The number of likely N-dealkylation sites (tertiary alicyclic amines) is 1. The molecular formula is C20H19F2N3OS. The number of benzene rings is 2. The number of nitrogens with one attached hydrogen (secondary N) is 1. The van der Waals surface area contributed by atoms with Gasteiger partial charge in [-0.15, -0.1) is 11.3 Å². The fourth-order valence-corrected chi connectivity index (χ4v) is 4.52. The van der Waals surface area contributed by atoms with Crippen molar-refractivity contribution < 1.29 is 13.6 Å². The van der Waals surface area contributed by atoms with Gasteiger partial charge in [-0.3, -0.25) is 9.69 Å². The summed E-state index contributed by atoms with van der Waals surface area (Å²) in [6.07, 6.45) is 1.91. The second kappa shape index (κ2) is 7.70. The van der Waals surface area contributed by atoms with Crippen LogP contribution in [0.5, 0.6) is 0 Å². The number of piperidine rings is 1. The number of nitrogens with zero attached hydrogens (tertiary/aromatic N) is 2. The Labute approximate surface area is 159 Å². The summed E-state index contributed by atoms with van der Waals surface area (Å²) >= 11 is 1.75. The van der Waals surface area contributed by atoms with Gasteiger partial charge < -0.3 is 5.32 Å². The van der Waals surface area contributed by atoms with E-state index in [9.17, 15) is 13.6 Å². The Hall–Kier alpha value is -2.38. The number of rotatable bonds is 4. The molecule has 7 heteroatoms. The van der Waals surface area contributed by atoms with Crippen molar-refractivity contribution >= 4 is 33.1 Å². The van der Waals surface area contributed by atoms with Crippen molar-refractivity contribution in [3.63, 3.8) is 0 Å². The summed E-state index contributed by atoms with van der Waals surface area (Å²) in [4.78, 5) is 19.0. The highest BCUT2D eigenvalue weighted by Gasteiger charge is 2.24. The number of fused-ring (bicyclic) bond motifs is 1. The molecule has 1 aliphatic rings. The van der Waals surface area contributed by atoms with Crippen LogP contribution < -0.4 is 5.32 Å². The molecule has 27 heavy (non-hydrogen) atoms. The summed E-state index contributed by atoms with van der Waals surface area (Å²) in [6.45, 7) is 1.86. The lowest BCUT2D eigenvalue weighted by Crippen LogP contribution is -2.38. The first-order valence-electron chi connectivity index (χ1n) is 8.91. The van der Waals surface area contributed by atoms with Gasteiger partial charge >= 0.3 is 0 Å². The number of thiazole rings is 1. The molecule has 0 aliphatic carbocycles. The van der Waals surface area contributed by atoms with Crippen molar-refractivity contribution in [2.24, 2.45) is 0 Å². The average molecular weight is 387 g/mol. The minimum absolute atomic E-state index is 0.223. The Balaban J connectivity index is 1.31. The van der Waals surface area contributed by atoms with Gasteiger partial charge in [-0.05, 0) is 50.2 Å². The van der Waals surface area contributed by atoms with Crippen LogP contribution in [-0.4, -0.2) is 35.4 Å². The van der Waals surface area contributed by atoms with Crippen LogP contribution in [0, 0.1) is 11.6 Å². The fourth-order valence-electron chi connectivity index (χ4n) is 3.38. The molecule has 2 heterocycles. The molecule has 1 saturated heterocycles. The Kier molecular flexibility index (Phi) is 5.13. The van der Waals surface area contributed by atoms with E-state index in [0.29, 0.717) is 5.92 Å². The standard InChI is InChI=1S/C20H19F2N3OS/c21-15-6-5-14(11-16(15)22)23-19(26)12-25-9-7-13(8-10-25)20-24-17-3-1-2-4-18(17)27-20/h1-6,11,13H,7-10,12H2,(H,23,26). The molecule has 4 rings (SSSR count). The number of halogens is 2. The van der Waals surface area contributed by atoms with Crippen molar-refractivity contribution in [1.29, 1.82) is 0 Å². The Morgan fingerprint density at radius 1 is 1.15 bits per heavy atom. The van der Waals surface area contributed by atoms with Gasteiger partial charge in [0.2, 0.25) is 5.91 Å². The lowest BCUT2D eigenvalue weighted by Gasteiger charge is -2.30. The number of para-hydroxylation sites is 1. The molecule has 0 bridgehead atoms. The van der Waals surface area contributed by atoms with E-state index in [2.05, 4.69) is 16.3 Å². The first kappa shape index (κ1) is 18.0. The van der Waals surface area contributed by atoms with Gasteiger partial charge in [0.1, 0.15) is 0 Å². The number of carbonyl (C=O) groups is 1. The largest absolute Gasteiger partial charge is 0.325 e. The molecule has 1 amide bonds. The zero-order valence-corrected chi connectivity index (χ0v) is 15.4. The number of hydrogen-bond donors (Lipinski definition) is 1. The lowest BCUT2D eigenvalue weighted by atomic mass is 9.97. The number of hydrogen-bond acceptors (Lipinski definition) is 4. The van der Waals surface area contributed by atoms with Crippen LogP contribution in [0.1, 0.15) is 23.8 Å². The van der Waals surface area contributed by atoms with E-state index in [0.717, 1.165) is 43.6 Å². The van der Waals surface area contributed by atoms with Crippen molar-refractivity contribution in [3.8, 4) is 0 Å².